The van der Waals surface area contributed by atoms with E-state index in [0.717, 1.165) is 0 Å². The molecule has 2 N–H and O–H groups in total. The molecule has 0 amide bonds. The van der Waals surface area contributed by atoms with Crippen LogP contribution < -0.4 is 21.2 Å². The minimum absolute atomic E-state index is 0.151. The number of thiocarbonyl (C=S) groups is 1. The van der Waals surface area contributed by atoms with Crippen molar-refractivity contribution in [2.75, 3.05) is 0 Å². The minimum Gasteiger partial charge on any atom is -0.360 e. The molecule has 3 atom stereocenters. The molecule has 0 saturated heterocycles. The standard InChI is InChI=1S/C27H31N2PS/c1-20(21(2)28-27(31)29-22(3)24-14-8-5-9-15-24)23(4)30(25-16-10-6-11-17-25)26-18-12-7-13-19-26/h5-22H,4H2,1-3H3,(H2,28,29,31)/t20-,21+,22+/m1/s1. The minimum atomic E-state index is -0.660. The summed E-state index contributed by atoms with van der Waals surface area (Å²) in [6.07, 6.45) is 0. The van der Waals surface area contributed by atoms with Crippen LogP contribution in [0.1, 0.15) is 32.4 Å². The van der Waals surface area contributed by atoms with Crippen LogP contribution in [0.2, 0.25) is 0 Å². The largest absolute Gasteiger partial charge is 0.360 e. The van der Waals surface area contributed by atoms with Crippen molar-refractivity contribution in [1.29, 1.82) is 0 Å². The van der Waals surface area contributed by atoms with Gasteiger partial charge in [0.25, 0.3) is 0 Å². The normalized spacial score (nSPS) is 13.8. The molecule has 31 heavy (non-hydrogen) atoms. The molecule has 0 unspecified atom stereocenters. The highest BCUT2D eigenvalue weighted by atomic mass is 32.1. The topological polar surface area (TPSA) is 24.1 Å². The van der Waals surface area contributed by atoms with E-state index in [1.165, 1.54) is 21.5 Å². The maximum absolute atomic E-state index is 5.62. The van der Waals surface area contributed by atoms with Gasteiger partial charge in [-0.15, -0.1) is 0 Å². The fraction of sp³-hybridized carbons (Fsp3) is 0.222. The van der Waals surface area contributed by atoms with Gasteiger partial charge in [-0.1, -0.05) is 104 Å². The van der Waals surface area contributed by atoms with E-state index < -0.39 is 7.92 Å². The van der Waals surface area contributed by atoms with Crippen molar-refractivity contribution in [1.82, 2.24) is 10.6 Å². The van der Waals surface area contributed by atoms with Crippen molar-refractivity contribution >= 4 is 35.9 Å². The SMILES string of the molecule is C=C([C@H](C)[C@H](C)NC(=S)N[C@@H](C)c1ccccc1)P(c1ccccc1)c1ccccc1. The lowest BCUT2D eigenvalue weighted by molar-refractivity contribution is 0.518. The maximum atomic E-state index is 5.62. The fourth-order valence-corrected chi connectivity index (χ4v) is 6.42. The van der Waals surface area contributed by atoms with Crippen LogP contribution in [0, 0.1) is 5.92 Å². The smallest absolute Gasteiger partial charge is 0.166 e. The van der Waals surface area contributed by atoms with E-state index in [9.17, 15) is 0 Å². The lowest BCUT2D eigenvalue weighted by atomic mass is 10.0. The first-order valence-corrected chi connectivity index (χ1v) is 12.4. The summed E-state index contributed by atoms with van der Waals surface area (Å²) in [4.78, 5) is 0. The number of rotatable bonds is 8. The van der Waals surface area contributed by atoms with Crippen LogP contribution in [0.5, 0.6) is 0 Å². The Hall–Kier alpha value is -2.48. The van der Waals surface area contributed by atoms with Crippen molar-refractivity contribution in [3.05, 3.63) is 108 Å². The van der Waals surface area contributed by atoms with Gasteiger partial charge in [-0.3, -0.25) is 0 Å². The van der Waals surface area contributed by atoms with Gasteiger partial charge < -0.3 is 10.6 Å². The lowest BCUT2D eigenvalue weighted by Gasteiger charge is -2.31. The Kier molecular flexibility index (Phi) is 8.40. The van der Waals surface area contributed by atoms with Crippen LogP contribution in [0.25, 0.3) is 0 Å². The van der Waals surface area contributed by atoms with Gasteiger partial charge in [0.1, 0.15) is 0 Å². The van der Waals surface area contributed by atoms with Gasteiger partial charge in [0.05, 0.1) is 6.04 Å². The van der Waals surface area contributed by atoms with Crippen LogP contribution in [-0.2, 0) is 0 Å². The zero-order chi connectivity index (χ0) is 22.2. The van der Waals surface area contributed by atoms with Gasteiger partial charge in [-0.25, -0.2) is 0 Å². The Morgan fingerprint density at radius 2 is 1.19 bits per heavy atom. The lowest BCUT2D eigenvalue weighted by Crippen LogP contribution is -2.44. The number of benzene rings is 3. The number of nitrogens with one attached hydrogen (secondary N) is 2. The summed E-state index contributed by atoms with van der Waals surface area (Å²) in [7, 11) is -0.660. The molecule has 0 heterocycles. The molecule has 0 fully saturated rings. The Morgan fingerprint density at radius 1 is 0.742 bits per heavy atom. The van der Waals surface area contributed by atoms with Gasteiger partial charge in [0.15, 0.2) is 5.11 Å². The molecule has 0 saturated carbocycles. The Morgan fingerprint density at radius 3 is 1.68 bits per heavy atom. The predicted molar refractivity (Wildman–Crippen MR) is 141 cm³/mol. The summed E-state index contributed by atoms with van der Waals surface area (Å²) >= 11 is 5.62. The molecule has 0 spiro atoms. The van der Waals surface area contributed by atoms with Gasteiger partial charge in [-0.2, -0.15) is 0 Å². The fourth-order valence-electron chi connectivity index (χ4n) is 3.52. The zero-order valence-electron chi connectivity index (χ0n) is 18.5. The third-order valence-electron chi connectivity index (χ3n) is 5.60. The molecule has 3 aromatic rings. The van der Waals surface area contributed by atoms with E-state index in [0.29, 0.717) is 5.11 Å². The third-order valence-corrected chi connectivity index (χ3v) is 8.44. The zero-order valence-corrected chi connectivity index (χ0v) is 20.2. The first-order valence-electron chi connectivity index (χ1n) is 10.7. The molecule has 0 aliphatic rings. The Bertz CT molecular complexity index is 936. The van der Waals surface area contributed by atoms with Gasteiger partial charge >= 0.3 is 0 Å². The van der Waals surface area contributed by atoms with Crippen molar-refractivity contribution in [3.63, 3.8) is 0 Å². The molecule has 0 aliphatic carbocycles. The van der Waals surface area contributed by atoms with E-state index in [1.807, 2.05) is 18.2 Å². The van der Waals surface area contributed by atoms with Gasteiger partial charge in [-0.05, 0) is 55.5 Å². The van der Waals surface area contributed by atoms with E-state index in [2.05, 4.69) is 111 Å². The van der Waals surface area contributed by atoms with Crippen molar-refractivity contribution in [3.8, 4) is 0 Å². The highest BCUT2D eigenvalue weighted by molar-refractivity contribution is 7.80. The molecule has 0 radical (unpaired) electrons. The summed E-state index contributed by atoms with van der Waals surface area (Å²) in [5.74, 6) is 0.248. The van der Waals surface area contributed by atoms with E-state index >= 15 is 0 Å². The molecule has 2 nitrogen and oxygen atoms in total. The maximum Gasteiger partial charge on any atom is 0.166 e. The summed E-state index contributed by atoms with van der Waals surface area (Å²) in [6, 6.07) is 32.1. The predicted octanol–water partition coefficient (Wildman–Crippen LogP) is 5.88. The average Bonchev–Trinajstić information content (AvgIpc) is 2.80. The molecule has 0 bridgehead atoms. The first-order chi connectivity index (χ1) is 15.0. The molecule has 0 aliphatic heterocycles. The molecular weight excluding hydrogens is 415 g/mol. The molecule has 4 heteroatoms. The Balaban J connectivity index is 1.70. The van der Waals surface area contributed by atoms with Crippen LogP contribution >= 0.6 is 20.1 Å². The second-order valence-corrected chi connectivity index (χ2v) is 10.5. The molecule has 0 aromatic heterocycles. The van der Waals surface area contributed by atoms with Crippen molar-refractivity contribution < 1.29 is 0 Å². The second-order valence-electron chi connectivity index (χ2n) is 7.83. The van der Waals surface area contributed by atoms with Gasteiger partial charge in [0.2, 0.25) is 0 Å². The summed E-state index contributed by atoms with van der Waals surface area (Å²) < 4.78 is 0. The average molecular weight is 447 g/mol. The second kappa shape index (κ2) is 11.2. The van der Waals surface area contributed by atoms with Crippen LogP contribution in [-0.4, -0.2) is 11.2 Å². The Labute approximate surface area is 193 Å². The summed E-state index contributed by atoms with van der Waals surface area (Å²) in [6.45, 7) is 11.1. The van der Waals surface area contributed by atoms with E-state index in [1.54, 1.807) is 0 Å². The molecule has 3 aromatic carbocycles. The highest BCUT2D eigenvalue weighted by Crippen LogP contribution is 2.46. The summed E-state index contributed by atoms with van der Waals surface area (Å²) in [5.41, 5.74) is 1.22. The van der Waals surface area contributed by atoms with Crippen LogP contribution in [0.3, 0.4) is 0 Å². The quantitative estimate of drug-likeness (QED) is 0.334. The number of hydrogen-bond donors (Lipinski definition) is 2. The first kappa shape index (κ1) is 23.2. The summed E-state index contributed by atoms with van der Waals surface area (Å²) in [5, 5.41) is 11.5. The molecule has 160 valence electrons. The van der Waals surface area contributed by atoms with Crippen molar-refractivity contribution in [2.45, 2.75) is 32.9 Å². The monoisotopic (exact) mass is 446 g/mol. The molecular formula is C27H31N2PS. The van der Waals surface area contributed by atoms with E-state index in [-0.39, 0.29) is 18.0 Å². The van der Waals surface area contributed by atoms with Crippen LogP contribution in [0.15, 0.2) is 103 Å². The van der Waals surface area contributed by atoms with Crippen molar-refractivity contribution in [2.24, 2.45) is 5.92 Å². The van der Waals surface area contributed by atoms with E-state index in [4.69, 9.17) is 12.2 Å². The molecule has 3 rings (SSSR count). The highest BCUT2D eigenvalue weighted by Gasteiger charge is 2.25. The number of hydrogen-bond acceptors (Lipinski definition) is 1. The van der Waals surface area contributed by atoms with Crippen LogP contribution in [0.4, 0.5) is 0 Å². The van der Waals surface area contributed by atoms with Gasteiger partial charge in [0, 0.05) is 12.0 Å². The third kappa shape index (κ3) is 6.26.